The van der Waals surface area contributed by atoms with E-state index in [1.807, 2.05) is 0 Å². The van der Waals surface area contributed by atoms with Crippen molar-refractivity contribution in [3.63, 3.8) is 0 Å². The summed E-state index contributed by atoms with van der Waals surface area (Å²) in [5.41, 5.74) is -0.151. The number of rotatable bonds is 0. The second-order valence-corrected chi connectivity index (χ2v) is 5.84. The van der Waals surface area contributed by atoms with Crippen molar-refractivity contribution in [1.29, 1.82) is 0 Å². The predicted molar refractivity (Wildman–Crippen MR) is 73.9 cm³/mol. The molecule has 2 aliphatic rings. The lowest BCUT2D eigenvalue weighted by Gasteiger charge is -2.40. The zero-order chi connectivity index (χ0) is 14.9. The molecule has 0 aromatic carbocycles. The zero-order valence-electron chi connectivity index (χ0n) is 11.8. The number of nitrogens with zero attached hydrogens (tertiary/aromatic N) is 3. The zero-order valence-corrected chi connectivity index (χ0v) is 11.8. The Labute approximate surface area is 122 Å². The molecule has 3 heterocycles. The van der Waals surface area contributed by atoms with Crippen LogP contribution in [0.5, 0.6) is 0 Å². The monoisotopic (exact) mass is 293 g/mol. The highest BCUT2D eigenvalue weighted by Gasteiger charge is 2.41. The second kappa shape index (κ2) is 5.48. The summed E-state index contributed by atoms with van der Waals surface area (Å²) in [5.74, 6) is 0.851. The van der Waals surface area contributed by atoms with E-state index in [1.54, 1.807) is 10.8 Å². The van der Waals surface area contributed by atoms with Crippen LogP contribution in [0.4, 0.5) is 4.79 Å². The van der Waals surface area contributed by atoms with Gasteiger partial charge in [0.1, 0.15) is 5.82 Å². The number of carbonyl (C=O) groups is 1. The average molecular weight is 293 g/mol. The molecule has 1 amide bonds. The molecular formula is C14H19N3O4. The van der Waals surface area contributed by atoms with Crippen LogP contribution in [0.25, 0.3) is 0 Å². The number of carbonyl (C=O) groups excluding carboxylic acids is 1. The van der Waals surface area contributed by atoms with Crippen molar-refractivity contribution >= 4 is 6.09 Å². The van der Waals surface area contributed by atoms with E-state index in [-0.39, 0.29) is 11.0 Å². The largest absolute Gasteiger partial charge is 0.441 e. The molecule has 114 valence electrons. The number of fused-ring (bicyclic) bond motifs is 2. The summed E-state index contributed by atoms with van der Waals surface area (Å²) in [6.45, 7) is 1.72. The lowest BCUT2D eigenvalue weighted by molar-refractivity contribution is -0.189. The quantitative estimate of drug-likeness (QED) is 0.577. The van der Waals surface area contributed by atoms with Gasteiger partial charge in [-0.2, -0.15) is 5.26 Å². The van der Waals surface area contributed by atoms with E-state index in [9.17, 15) is 9.59 Å². The van der Waals surface area contributed by atoms with Crippen molar-refractivity contribution in [2.24, 2.45) is 0 Å². The van der Waals surface area contributed by atoms with Crippen LogP contribution in [-0.2, 0) is 16.8 Å². The van der Waals surface area contributed by atoms with E-state index in [1.165, 1.54) is 11.0 Å². The lowest BCUT2D eigenvalue weighted by Crippen LogP contribution is -2.47. The number of piperidine rings is 1. The molecular weight excluding hydrogens is 274 g/mol. The Bertz CT molecular complexity index is 590. The van der Waals surface area contributed by atoms with Gasteiger partial charge in [0.15, 0.2) is 0 Å². The van der Waals surface area contributed by atoms with Crippen molar-refractivity contribution in [2.45, 2.75) is 44.1 Å². The Balaban J connectivity index is 1.91. The van der Waals surface area contributed by atoms with E-state index in [4.69, 9.17) is 5.26 Å². The highest BCUT2D eigenvalue weighted by Crippen LogP contribution is 2.40. The van der Waals surface area contributed by atoms with E-state index in [0.29, 0.717) is 19.6 Å². The van der Waals surface area contributed by atoms with Crippen LogP contribution in [0.15, 0.2) is 17.1 Å². The lowest BCUT2D eigenvalue weighted by atomic mass is 9.74. The van der Waals surface area contributed by atoms with E-state index >= 15 is 0 Å². The van der Waals surface area contributed by atoms with E-state index in [0.717, 1.165) is 37.9 Å². The maximum absolute atomic E-state index is 12.1. The third-order valence-electron chi connectivity index (χ3n) is 4.75. The maximum atomic E-state index is 12.1. The molecule has 2 aliphatic heterocycles. The molecule has 0 aliphatic carbocycles. The van der Waals surface area contributed by atoms with Gasteiger partial charge >= 0.3 is 6.09 Å². The van der Waals surface area contributed by atoms with Gasteiger partial charge in [-0.15, -0.1) is 0 Å². The van der Waals surface area contributed by atoms with Crippen molar-refractivity contribution in [3.8, 4) is 0 Å². The first-order chi connectivity index (χ1) is 10.2. The summed E-state index contributed by atoms with van der Waals surface area (Å²) in [5, 5.41) is 8.48. The van der Waals surface area contributed by atoms with E-state index < -0.39 is 6.09 Å². The fourth-order valence-electron chi connectivity index (χ4n) is 3.57. The Morgan fingerprint density at radius 3 is 2.71 bits per heavy atom. The van der Waals surface area contributed by atoms with Gasteiger partial charge in [-0.1, -0.05) is 6.42 Å². The van der Waals surface area contributed by atoms with Crippen LogP contribution in [0.2, 0.25) is 0 Å². The molecule has 1 N–H and O–H groups in total. The first-order valence-electron chi connectivity index (χ1n) is 7.33. The minimum Gasteiger partial charge on any atom is -0.306 e. The summed E-state index contributed by atoms with van der Waals surface area (Å²) >= 11 is 0. The fourth-order valence-corrected chi connectivity index (χ4v) is 3.57. The third kappa shape index (κ3) is 2.42. The van der Waals surface area contributed by atoms with Gasteiger partial charge in [0, 0.05) is 37.3 Å². The van der Waals surface area contributed by atoms with Crippen LogP contribution in [0.3, 0.4) is 0 Å². The summed E-state index contributed by atoms with van der Waals surface area (Å²) < 4.78 is 1.78. The van der Waals surface area contributed by atoms with Crippen LogP contribution in [-0.4, -0.2) is 38.9 Å². The molecule has 1 aromatic rings. The number of hydrogen-bond donors (Lipinski definition) is 1. The number of aromatic nitrogens is 2. The first kappa shape index (κ1) is 14.1. The minimum atomic E-state index is -0.711. The minimum absolute atomic E-state index is 0.00141. The molecule has 1 saturated heterocycles. The van der Waals surface area contributed by atoms with Crippen LogP contribution >= 0.6 is 0 Å². The number of likely N-dealkylation sites (tertiary alicyclic amines) is 1. The Morgan fingerprint density at radius 2 is 2.00 bits per heavy atom. The highest BCUT2D eigenvalue weighted by molar-refractivity contribution is 5.66. The maximum Gasteiger partial charge on any atom is 0.441 e. The van der Waals surface area contributed by atoms with Crippen molar-refractivity contribution in [3.05, 3.63) is 28.4 Å². The SMILES string of the molecule is O=C(OO)N1CCC2(CCCCn3c2nccc3=O)CC1. The standard InChI is InChI=1S/C14H19N3O4/c18-11-3-7-15-12-14(4-1-2-8-17(11)12)5-9-16(10-6-14)13(19)21-20/h3,7,20H,1-2,4-6,8-10H2. The average Bonchev–Trinajstić information content (AvgIpc) is 2.69. The summed E-state index contributed by atoms with van der Waals surface area (Å²) in [6.07, 6.45) is 5.34. The van der Waals surface area contributed by atoms with Gasteiger partial charge in [-0.3, -0.25) is 14.2 Å². The highest BCUT2D eigenvalue weighted by atomic mass is 17.1. The molecule has 7 nitrogen and oxygen atoms in total. The van der Waals surface area contributed by atoms with E-state index in [2.05, 4.69) is 9.87 Å². The smallest absolute Gasteiger partial charge is 0.306 e. The Morgan fingerprint density at radius 1 is 1.24 bits per heavy atom. The van der Waals surface area contributed by atoms with Gasteiger partial charge in [0.05, 0.1) is 0 Å². The van der Waals surface area contributed by atoms with Crippen molar-refractivity contribution < 1.29 is 14.9 Å². The molecule has 21 heavy (non-hydrogen) atoms. The Hall–Kier alpha value is -1.89. The molecule has 0 unspecified atom stereocenters. The van der Waals surface area contributed by atoms with Gasteiger partial charge in [-0.05, 0) is 25.7 Å². The normalized spacial score (nSPS) is 20.7. The summed E-state index contributed by atoms with van der Waals surface area (Å²) in [7, 11) is 0. The summed E-state index contributed by atoms with van der Waals surface area (Å²) in [4.78, 5) is 33.2. The van der Waals surface area contributed by atoms with Gasteiger partial charge in [0.2, 0.25) is 0 Å². The van der Waals surface area contributed by atoms with Crippen LogP contribution in [0.1, 0.15) is 37.9 Å². The molecule has 1 fully saturated rings. The second-order valence-electron chi connectivity index (χ2n) is 5.84. The van der Waals surface area contributed by atoms with Crippen LogP contribution in [0, 0.1) is 0 Å². The Kier molecular flexibility index (Phi) is 3.67. The molecule has 7 heteroatoms. The van der Waals surface area contributed by atoms with Gasteiger partial charge < -0.3 is 4.90 Å². The number of hydrogen-bond acceptors (Lipinski definition) is 5. The van der Waals surface area contributed by atoms with Crippen molar-refractivity contribution in [1.82, 2.24) is 14.5 Å². The molecule has 1 aromatic heterocycles. The van der Waals surface area contributed by atoms with Crippen molar-refractivity contribution in [2.75, 3.05) is 13.1 Å². The third-order valence-corrected chi connectivity index (χ3v) is 4.75. The predicted octanol–water partition coefficient (Wildman–Crippen LogP) is 1.37. The topological polar surface area (TPSA) is 84.7 Å². The van der Waals surface area contributed by atoms with Crippen LogP contribution < -0.4 is 5.56 Å². The molecule has 0 bridgehead atoms. The number of amides is 1. The van der Waals surface area contributed by atoms with Gasteiger partial charge in [-0.25, -0.2) is 9.78 Å². The first-order valence-corrected chi connectivity index (χ1v) is 7.33. The molecule has 0 atom stereocenters. The molecule has 0 radical (unpaired) electrons. The molecule has 0 saturated carbocycles. The summed E-state index contributed by atoms with van der Waals surface area (Å²) in [6, 6.07) is 1.50. The fraction of sp³-hybridized carbons (Fsp3) is 0.643. The molecule has 3 rings (SSSR count). The van der Waals surface area contributed by atoms with Gasteiger partial charge in [0.25, 0.3) is 5.56 Å². The molecule has 1 spiro atoms.